The van der Waals surface area contributed by atoms with Gasteiger partial charge in [-0.15, -0.1) is 11.3 Å². The molecule has 1 saturated heterocycles. The summed E-state index contributed by atoms with van der Waals surface area (Å²) in [4.78, 5) is 35.5. The van der Waals surface area contributed by atoms with Crippen LogP contribution in [-0.2, 0) is 0 Å². The van der Waals surface area contributed by atoms with Gasteiger partial charge >= 0.3 is 0 Å². The van der Waals surface area contributed by atoms with Gasteiger partial charge in [-0.3, -0.25) is 19.9 Å². The van der Waals surface area contributed by atoms with Crippen molar-refractivity contribution in [2.45, 2.75) is 0 Å². The number of carbonyl (C=O) groups is 2. The van der Waals surface area contributed by atoms with Gasteiger partial charge in [-0.25, -0.2) is 4.98 Å². The zero-order chi connectivity index (χ0) is 19.3. The van der Waals surface area contributed by atoms with E-state index < -0.39 is 0 Å². The van der Waals surface area contributed by atoms with Crippen molar-refractivity contribution >= 4 is 28.3 Å². The third-order valence-corrected chi connectivity index (χ3v) is 5.21. The van der Waals surface area contributed by atoms with Crippen LogP contribution in [0.3, 0.4) is 0 Å². The van der Waals surface area contributed by atoms with Crippen LogP contribution in [-0.4, -0.2) is 52.9 Å². The Labute approximate surface area is 166 Å². The maximum atomic E-state index is 12.5. The minimum absolute atomic E-state index is 0.00613. The highest BCUT2D eigenvalue weighted by molar-refractivity contribution is 7.14. The van der Waals surface area contributed by atoms with Gasteiger partial charge in [0.05, 0.1) is 5.69 Å². The number of carbonyl (C=O) groups excluding carboxylic acids is 2. The first-order valence-electron chi connectivity index (χ1n) is 8.99. The van der Waals surface area contributed by atoms with Crippen LogP contribution in [0.4, 0.5) is 5.13 Å². The summed E-state index contributed by atoms with van der Waals surface area (Å²) in [7, 11) is 0. The molecule has 0 aliphatic carbocycles. The summed E-state index contributed by atoms with van der Waals surface area (Å²) in [5.41, 5.74) is 2.55. The predicted octanol–water partition coefficient (Wildman–Crippen LogP) is 2.50. The number of aromatic nitrogens is 2. The van der Waals surface area contributed by atoms with Gasteiger partial charge in [-0.2, -0.15) is 0 Å². The number of pyridine rings is 1. The van der Waals surface area contributed by atoms with Crippen molar-refractivity contribution in [2.24, 2.45) is 0 Å². The van der Waals surface area contributed by atoms with E-state index in [1.54, 1.807) is 30.5 Å². The van der Waals surface area contributed by atoms with Gasteiger partial charge in [0.25, 0.3) is 11.8 Å². The van der Waals surface area contributed by atoms with Gasteiger partial charge in [0, 0.05) is 48.9 Å². The Morgan fingerprint density at radius 2 is 1.75 bits per heavy atom. The Bertz CT molecular complexity index is 966. The van der Waals surface area contributed by atoms with Crippen molar-refractivity contribution in [3.05, 3.63) is 65.2 Å². The summed E-state index contributed by atoms with van der Waals surface area (Å²) in [6, 6.07) is 12.3. The molecule has 2 amide bonds. The second-order valence-electron chi connectivity index (χ2n) is 6.33. The number of rotatable bonds is 4. The number of thiazole rings is 1. The van der Waals surface area contributed by atoms with Crippen molar-refractivity contribution in [3.63, 3.8) is 0 Å². The van der Waals surface area contributed by atoms with E-state index in [2.05, 4.69) is 20.6 Å². The molecule has 1 aliphatic heterocycles. The molecule has 1 fully saturated rings. The lowest BCUT2D eigenvalue weighted by atomic mass is 10.1. The quantitative estimate of drug-likeness (QED) is 0.711. The van der Waals surface area contributed by atoms with E-state index in [1.165, 1.54) is 11.3 Å². The van der Waals surface area contributed by atoms with E-state index in [0.29, 0.717) is 29.3 Å². The van der Waals surface area contributed by atoms with Crippen LogP contribution in [0.25, 0.3) is 11.4 Å². The summed E-state index contributed by atoms with van der Waals surface area (Å²) < 4.78 is 0. The Morgan fingerprint density at radius 3 is 2.46 bits per heavy atom. The summed E-state index contributed by atoms with van der Waals surface area (Å²) in [5, 5.41) is 8.38. The highest BCUT2D eigenvalue weighted by atomic mass is 32.1. The molecule has 0 saturated carbocycles. The van der Waals surface area contributed by atoms with Crippen molar-refractivity contribution in [3.8, 4) is 11.4 Å². The molecule has 28 heavy (non-hydrogen) atoms. The molecular weight excluding hydrogens is 374 g/mol. The summed E-state index contributed by atoms with van der Waals surface area (Å²) in [6.07, 6.45) is 1.70. The normalized spacial score (nSPS) is 13.9. The molecule has 0 spiro atoms. The zero-order valence-corrected chi connectivity index (χ0v) is 15.9. The van der Waals surface area contributed by atoms with Crippen LogP contribution < -0.4 is 10.6 Å². The number of nitrogens with zero attached hydrogens (tertiary/aromatic N) is 3. The zero-order valence-electron chi connectivity index (χ0n) is 15.1. The maximum absolute atomic E-state index is 12.5. The van der Waals surface area contributed by atoms with Crippen molar-refractivity contribution in [1.82, 2.24) is 20.2 Å². The number of hydrogen-bond acceptors (Lipinski definition) is 6. The average molecular weight is 393 g/mol. The number of nitrogens with one attached hydrogen (secondary N) is 2. The van der Waals surface area contributed by atoms with Gasteiger partial charge < -0.3 is 10.2 Å². The van der Waals surface area contributed by atoms with E-state index in [1.807, 2.05) is 28.5 Å². The number of hydrogen-bond donors (Lipinski definition) is 2. The van der Waals surface area contributed by atoms with Gasteiger partial charge in [0.15, 0.2) is 5.13 Å². The lowest BCUT2D eigenvalue weighted by Crippen LogP contribution is -2.46. The van der Waals surface area contributed by atoms with Crippen LogP contribution in [0.2, 0.25) is 0 Å². The predicted molar refractivity (Wildman–Crippen MR) is 109 cm³/mol. The average Bonchev–Trinajstić information content (AvgIpc) is 3.23. The molecule has 0 atom stereocenters. The second-order valence-corrected chi connectivity index (χ2v) is 7.18. The molecular formula is C20H19N5O2S. The maximum Gasteiger partial charge on any atom is 0.257 e. The molecule has 142 valence electrons. The summed E-state index contributed by atoms with van der Waals surface area (Å²) >= 11 is 1.34. The molecule has 7 nitrogen and oxygen atoms in total. The van der Waals surface area contributed by atoms with Crippen molar-refractivity contribution < 1.29 is 9.59 Å². The SMILES string of the molecule is O=C(Nc1nc(-c2ccccn2)cs1)c1ccc(C(=O)N2CCNCC2)cc1. The van der Waals surface area contributed by atoms with Gasteiger partial charge in [-0.05, 0) is 36.4 Å². The highest BCUT2D eigenvalue weighted by Gasteiger charge is 2.18. The minimum atomic E-state index is -0.261. The molecule has 1 aliphatic rings. The number of amides is 2. The second kappa shape index (κ2) is 8.28. The molecule has 3 aromatic rings. The van der Waals surface area contributed by atoms with Crippen molar-refractivity contribution in [1.29, 1.82) is 0 Å². The summed E-state index contributed by atoms with van der Waals surface area (Å²) in [5.74, 6) is -0.267. The Hall–Kier alpha value is -3.10. The minimum Gasteiger partial charge on any atom is -0.336 e. The lowest BCUT2D eigenvalue weighted by Gasteiger charge is -2.27. The molecule has 0 bridgehead atoms. The molecule has 8 heteroatoms. The highest BCUT2D eigenvalue weighted by Crippen LogP contribution is 2.23. The topological polar surface area (TPSA) is 87.2 Å². The molecule has 3 heterocycles. The number of piperazine rings is 1. The van der Waals surface area contributed by atoms with Gasteiger partial charge in [-0.1, -0.05) is 6.07 Å². The van der Waals surface area contributed by atoms with E-state index in [4.69, 9.17) is 0 Å². The van der Waals surface area contributed by atoms with E-state index >= 15 is 0 Å². The van der Waals surface area contributed by atoms with Crippen LogP contribution in [0.15, 0.2) is 54.0 Å². The standard InChI is InChI=1S/C20H19N5O2S/c26-18(24-20-23-17(13-28-20)16-3-1-2-8-22-16)14-4-6-15(7-5-14)19(27)25-11-9-21-10-12-25/h1-8,13,21H,9-12H2,(H,23,24,26). The third-order valence-electron chi connectivity index (χ3n) is 4.45. The first kappa shape index (κ1) is 18.3. The smallest absolute Gasteiger partial charge is 0.257 e. The molecule has 2 N–H and O–H groups in total. The Balaban J connectivity index is 1.41. The van der Waals surface area contributed by atoms with Crippen LogP contribution >= 0.6 is 11.3 Å². The van der Waals surface area contributed by atoms with Gasteiger partial charge in [0.2, 0.25) is 0 Å². The van der Waals surface area contributed by atoms with E-state index in [9.17, 15) is 9.59 Å². The first-order chi connectivity index (χ1) is 13.7. The molecule has 0 unspecified atom stereocenters. The van der Waals surface area contributed by atoms with Crippen LogP contribution in [0.5, 0.6) is 0 Å². The molecule has 2 aromatic heterocycles. The van der Waals surface area contributed by atoms with Gasteiger partial charge in [0.1, 0.15) is 5.69 Å². The molecule has 0 radical (unpaired) electrons. The lowest BCUT2D eigenvalue weighted by molar-refractivity contribution is 0.0735. The molecule has 1 aromatic carbocycles. The fourth-order valence-corrected chi connectivity index (χ4v) is 3.65. The number of anilines is 1. The van der Waals surface area contributed by atoms with Crippen LogP contribution in [0, 0.1) is 0 Å². The van der Waals surface area contributed by atoms with E-state index in [0.717, 1.165) is 24.5 Å². The summed E-state index contributed by atoms with van der Waals surface area (Å²) in [6.45, 7) is 3.01. The molecule has 4 rings (SSSR count). The Morgan fingerprint density at radius 1 is 1.00 bits per heavy atom. The van der Waals surface area contributed by atoms with Crippen molar-refractivity contribution in [2.75, 3.05) is 31.5 Å². The number of benzene rings is 1. The van der Waals surface area contributed by atoms with E-state index in [-0.39, 0.29) is 11.8 Å². The fourth-order valence-electron chi connectivity index (χ4n) is 2.95. The third kappa shape index (κ3) is 4.08. The monoisotopic (exact) mass is 393 g/mol. The largest absolute Gasteiger partial charge is 0.336 e. The first-order valence-corrected chi connectivity index (χ1v) is 9.87. The Kier molecular flexibility index (Phi) is 5.41. The fraction of sp³-hybridized carbons (Fsp3) is 0.200. The van der Waals surface area contributed by atoms with Crippen LogP contribution in [0.1, 0.15) is 20.7 Å².